The number of hydrogen-bond donors (Lipinski definition) is 3. The normalized spacial score (nSPS) is 31.7. The zero-order chi connectivity index (χ0) is 11.3. The summed E-state index contributed by atoms with van der Waals surface area (Å²) in [4.78, 5) is 10.3. The monoisotopic (exact) mass is 213 g/mol. The van der Waals surface area contributed by atoms with Gasteiger partial charge in [0.2, 0.25) is 0 Å². The highest BCUT2D eigenvalue weighted by Crippen LogP contribution is 2.31. The summed E-state index contributed by atoms with van der Waals surface area (Å²) in [6.45, 7) is 2.22. The van der Waals surface area contributed by atoms with Gasteiger partial charge in [0, 0.05) is 12.3 Å². The molecule has 2 unspecified atom stereocenters. The molecule has 0 heterocycles. The van der Waals surface area contributed by atoms with E-state index in [0.29, 0.717) is 5.92 Å². The van der Waals surface area contributed by atoms with Crippen molar-refractivity contribution >= 4 is 5.97 Å². The Labute approximate surface area is 90.0 Å². The van der Waals surface area contributed by atoms with Crippen molar-refractivity contribution in [3.63, 3.8) is 0 Å². The van der Waals surface area contributed by atoms with Crippen LogP contribution >= 0.6 is 0 Å². The van der Waals surface area contributed by atoms with Gasteiger partial charge in [0.25, 0.3) is 0 Å². The lowest BCUT2D eigenvalue weighted by atomic mass is 9.77. The first kappa shape index (κ1) is 12.0. The van der Waals surface area contributed by atoms with Gasteiger partial charge >= 0.3 is 5.97 Å². The second-order valence-electron chi connectivity index (χ2n) is 4.46. The van der Waals surface area contributed by atoms with Crippen LogP contribution in [0.25, 0.3) is 0 Å². The van der Waals surface area contributed by atoms with E-state index in [2.05, 4.69) is 12.2 Å². The third kappa shape index (κ3) is 3.55. The maximum absolute atomic E-state index is 10.3. The molecular formula is C11H19NO3. The molecule has 0 aromatic rings. The second-order valence-corrected chi connectivity index (χ2v) is 4.46. The largest absolute Gasteiger partial charge is 0.478 e. The van der Waals surface area contributed by atoms with Crippen molar-refractivity contribution in [1.29, 1.82) is 0 Å². The summed E-state index contributed by atoms with van der Waals surface area (Å²) in [6, 6.07) is 0. The van der Waals surface area contributed by atoms with E-state index in [1.807, 2.05) is 0 Å². The number of rotatable bonds is 4. The number of carbonyl (C=O) groups is 1. The van der Waals surface area contributed by atoms with Crippen LogP contribution in [0.2, 0.25) is 0 Å². The first-order valence-corrected chi connectivity index (χ1v) is 5.36. The van der Waals surface area contributed by atoms with Crippen molar-refractivity contribution in [2.75, 3.05) is 6.61 Å². The van der Waals surface area contributed by atoms with Crippen LogP contribution in [0.1, 0.15) is 32.6 Å². The van der Waals surface area contributed by atoms with Crippen LogP contribution in [0.5, 0.6) is 0 Å². The molecule has 4 nitrogen and oxygen atoms in total. The fraction of sp³-hybridized carbons (Fsp3) is 0.727. The van der Waals surface area contributed by atoms with Gasteiger partial charge in [-0.05, 0) is 18.8 Å². The average molecular weight is 213 g/mol. The summed E-state index contributed by atoms with van der Waals surface area (Å²) in [7, 11) is 0. The number of carboxylic acids is 1. The van der Waals surface area contributed by atoms with Gasteiger partial charge in [-0.3, -0.25) is 0 Å². The highest BCUT2D eigenvalue weighted by molar-refractivity contribution is 5.79. The van der Waals surface area contributed by atoms with Crippen molar-refractivity contribution in [3.8, 4) is 0 Å². The number of carboxylic acid groups (broad SMARTS) is 1. The molecule has 4 heteroatoms. The molecule has 0 aromatic carbocycles. The van der Waals surface area contributed by atoms with E-state index in [-0.39, 0.29) is 12.1 Å². The first-order valence-electron chi connectivity index (χ1n) is 5.36. The van der Waals surface area contributed by atoms with Gasteiger partial charge in [0.1, 0.15) is 0 Å². The molecule has 15 heavy (non-hydrogen) atoms. The summed E-state index contributed by atoms with van der Waals surface area (Å²) in [5, 5.41) is 20.9. The molecule has 0 amide bonds. The lowest BCUT2D eigenvalue weighted by molar-refractivity contribution is -0.131. The Morgan fingerprint density at radius 1 is 1.67 bits per heavy atom. The molecule has 0 spiro atoms. The summed E-state index contributed by atoms with van der Waals surface area (Å²) in [6.07, 6.45) is 6.56. The number of nitrogens with one attached hydrogen (secondary N) is 1. The van der Waals surface area contributed by atoms with Crippen LogP contribution in [0.4, 0.5) is 0 Å². The number of aliphatic hydroxyl groups is 1. The molecule has 1 rings (SSSR count). The molecule has 3 N–H and O–H groups in total. The van der Waals surface area contributed by atoms with E-state index in [9.17, 15) is 9.90 Å². The minimum absolute atomic E-state index is 0.0568. The minimum atomic E-state index is -0.973. The third-order valence-corrected chi connectivity index (χ3v) is 3.01. The molecule has 0 radical (unpaired) electrons. The zero-order valence-electron chi connectivity index (χ0n) is 9.07. The van der Waals surface area contributed by atoms with Gasteiger partial charge < -0.3 is 15.5 Å². The predicted octanol–water partition coefficient (Wildman–Crippen LogP) is 1.12. The first-order chi connectivity index (χ1) is 7.08. The Morgan fingerprint density at radius 2 is 2.40 bits per heavy atom. The van der Waals surface area contributed by atoms with Gasteiger partial charge in [0.15, 0.2) is 0 Å². The predicted molar refractivity (Wildman–Crippen MR) is 57.4 cm³/mol. The van der Waals surface area contributed by atoms with Gasteiger partial charge in [-0.15, -0.1) is 0 Å². The Balaban J connectivity index is 2.55. The van der Waals surface area contributed by atoms with Crippen molar-refractivity contribution < 1.29 is 15.0 Å². The van der Waals surface area contributed by atoms with Gasteiger partial charge in [0.05, 0.1) is 12.1 Å². The smallest absolute Gasteiger partial charge is 0.329 e. The van der Waals surface area contributed by atoms with E-state index >= 15 is 0 Å². The molecule has 1 fully saturated rings. The average Bonchev–Trinajstić information content (AvgIpc) is 2.17. The van der Waals surface area contributed by atoms with Crippen molar-refractivity contribution in [1.82, 2.24) is 5.32 Å². The molecular weight excluding hydrogens is 194 g/mol. The number of hydrogen-bond acceptors (Lipinski definition) is 3. The second kappa shape index (κ2) is 5.16. The topological polar surface area (TPSA) is 69.6 Å². The van der Waals surface area contributed by atoms with Crippen LogP contribution in [0.15, 0.2) is 12.3 Å². The fourth-order valence-corrected chi connectivity index (χ4v) is 2.27. The molecule has 1 saturated carbocycles. The Kier molecular flexibility index (Phi) is 4.15. The van der Waals surface area contributed by atoms with Crippen LogP contribution in [-0.4, -0.2) is 28.3 Å². The quantitative estimate of drug-likeness (QED) is 0.612. The maximum Gasteiger partial charge on any atom is 0.329 e. The Hall–Kier alpha value is -1.03. The van der Waals surface area contributed by atoms with Crippen LogP contribution < -0.4 is 5.32 Å². The van der Waals surface area contributed by atoms with E-state index in [1.54, 1.807) is 0 Å². The molecule has 0 aliphatic heterocycles. The van der Waals surface area contributed by atoms with E-state index in [1.165, 1.54) is 12.6 Å². The van der Waals surface area contributed by atoms with Crippen molar-refractivity contribution in [2.24, 2.45) is 5.92 Å². The van der Waals surface area contributed by atoms with Crippen LogP contribution in [0.3, 0.4) is 0 Å². The standard InChI is InChI=1S/C11H19NO3/c1-9-3-2-5-11(7-9,8-13)12-6-4-10(14)15/h4,6,9,12-13H,2-3,5,7-8H2,1H3,(H,14,15)/b6-4+. The summed E-state index contributed by atoms with van der Waals surface area (Å²) >= 11 is 0. The van der Waals surface area contributed by atoms with Gasteiger partial charge in [-0.1, -0.05) is 19.8 Å². The van der Waals surface area contributed by atoms with Crippen LogP contribution in [0, 0.1) is 5.92 Å². The fourth-order valence-electron chi connectivity index (χ4n) is 2.27. The lowest BCUT2D eigenvalue weighted by Crippen LogP contribution is -2.49. The number of aliphatic carboxylic acids is 1. The highest BCUT2D eigenvalue weighted by Gasteiger charge is 2.33. The lowest BCUT2D eigenvalue weighted by Gasteiger charge is -2.39. The highest BCUT2D eigenvalue weighted by atomic mass is 16.4. The molecule has 0 saturated heterocycles. The number of aliphatic hydroxyl groups excluding tert-OH is 1. The molecule has 0 aromatic heterocycles. The summed E-state index contributed by atoms with van der Waals surface area (Å²) < 4.78 is 0. The Morgan fingerprint density at radius 3 is 2.93 bits per heavy atom. The van der Waals surface area contributed by atoms with Gasteiger partial charge in [-0.25, -0.2) is 4.79 Å². The van der Waals surface area contributed by atoms with Crippen LogP contribution in [-0.2, 0) is 4.79 Å². The molecule has 0 bridgehead atoms. The Bertz CT molecular complexity index is 252. The van der Waals surface area contributed by atoms with Crippen molar-refractivity contribution in [3.05, 3.63) is 12.3 Å². The molecule has 1 aliphatic rings. The minimum Gasteiger partial charge on any atom is -0.478 e. The summed E-state index contributed by atoms with van der Waals surface area (Å²) in [5.41, 5.74) is -0.316. The van der Waals surface area contributed by atoms with E-state index < -0.39 is 5.97 Å². The van der Waals surface area contributed by atoms with E-state index in [0.717, 1.165) is 25.3 Å². The third-order valence-electron chi connectivity index (χ3n) is 3.01. The SMILES string of the molecule is CC1CCCC(CO)(N/C=C/C(=O)O)C1. The summed E-state index contributed by atoms with van der Waals surface area (Å²) in [5.74, 6) is -0.393. The van der Waals surface area contributed by atoms with Crippen molar-refractivity contribution in [2.45, 2.75) is 38.1 Å². The zero-order valence-corrected chi connectivity index (χ0v) is 9.07. The molecule has 2 atom stereocenters. The molecule has 1 aliphatic carbocycles. The van der Waals surface area contributed by atoms with E-state index in [4.69, 9.17) is 5.11 Å². The van der Waals surface area contributed by atoms with Gasteiger partial charge in [-0.2, -0.15) is 0 Å². The maximum atomic E-state index is 10.3. The molecule has 86 valence electrons.